The van der Waals surface area contributed by atoms with Crippen molar-refractivity contribution in [2.24, 2.45) is 0 Å². The first-order valence-corrected chi connectivity index (χ1v) is 9.01. The summed E-state index contributed by atoms with van der Waals surface area (Å²) < 4.78 is 7.90. The van der Waals surface area contributed by atoms with E-state index in [0.717, 1.165) is 48.4 Å². The fourth-order valence-corrected chi connectivity index (χ4v) is 3.48. The first-order valence-electron chi connectivity index (χ1n) is 9.01. The van der Waals surface area contributed by atoms with Crippen molar-refractivity contribution in [2.45, 2.75) is 18.9 Å². The van der Waals surface area contributed by atoms with Gasteiger partial charge in [-0.2, -0.15) is 5.10 Å². The number of benzene rings is 1. The molecule has 0 radical (unpaired) electrons. The lowest BCUT2D eigenvalue weighted by atomic mass is 10.1. The van der Waals surface area contributed by atoms with Crippen LogP contribution in [0, 0.1) is 0 Å². The van der Waals surface area contributed by atoms with Crippen molar-refractivity contribution >= 4 is 16.7 Å². The zero-order valence-corrected chi connectivity index (χ0v) is 14.7. The SMILES string of the molecule is c1cc(OC2CCN(c3cncc(-n4cncn4)n3)CC2)c2cc[nH]c2c1. The van der Waals surface area contributed by atoms with Crippen LogP contribution in [0.5, 0.6) is 5.75 Å². The molecular weight excluding hydrogens is 342 g/mol. The van der Waals surface area contributed by atoms with Gasteiger partial charge in [0.1, 0.15) is 30.3 Å². The van der Waals surface area contributed by atoms with Gasteiger partial charge in [0.05, 0.1) is 12.4 Å². The first-order chi connectivity index (χ1) is 13.4. The third-order valence-corrected chi connectivity index (χ3v) is 4.88. The molecule has 3 aromatic heterocycles. The summed E-state index contributed by atoms with van der Waals surface area (Å²) in [6.07, 6.45) is 10.6. The van der Waals surface area contributed by atoms with Crippen molar-refractivity contribution < 1.29 is 4.74 Å². The molecule has 4 heterocycles. The number of hydrogen-bond acceptors (Lipinski definition) is 6. The molecule has 0 aliphatic carbocycles. The van der Waals surface area contributed by atoms with E-state index in [2.05, 4.69) is 42.1 Å². The number of aromatic amines is 1. The Morgan fingerprint density at radius 3 is 2.78 bits per heavy atom. The van der Waals surface area contributed by atoms with Crippen LogP contribution in [0.4, 0.5) is 5.82 Å². The lowest BCUT2D eigenvalue weighted by Crippen LogP contribution is -2.38. The third kappa shape index (κ3) is 3.10. The number of anilines is 1. The number of nitrogens with one attached hydrogen (secondary N) is 1. The van der Waals surface area contributed by atoms with Crippen molar-refractivity contribution in [3.05, 3.63) is 55.5 Å². The maximum atomic E-state index is 6.29. The van der Waals surface area contributed by atoms with Gasteiger partial charge in [-0.15, -0.1) is 0 Å². The highest BCUT2D eigenvalue weighted by atomic mass is 16.5. The van der Waals surface area contributed by atoms with Gasteiger partial charge in [-0.3, -0.25) is 4.98 Å². The van der Waals surface area contributed by atoms with Crippen LogP contribution in [0.1, 0.15) is 12.8 Å². The van der Waals surface area contributed by atoms with Crippen molar-refractivity contribution in [3.63, 3.8) is 0 Å². The van der Waals surface area contributed by atoms with Gasteiger partial charge in [-0.25, -0.2) is 14.6 Å². The van der Waals surface area contributed by atoms with E-state index in [9.17, 15) is 0 Å². The molecule has 4 aromatic rings. The number of rotatable bonds is 4. The molecule has 8 heteroatoms. The highest BCUT2D eigenvalue weighted by Crippen LogP contribution is 2.28. The minimum atomic E-state index is 0.202. The summed E-state index contributed by atoms with van der Waals surface area (Å²) in [5.74, 6) is 2.47. The molecule has 136 valence electrons. The third-order valence-electron chi connectivity index (χ3n) is 4.88. The van der Waals surface area contributed by atoms with Gasteiger partial charge in [0, 0.05) is 43.0 Å². The summed E-state index contributed by atoms with van der Waals surface area (Å²) >= 11 is 0. The standard InChI is InChI=1S/C19H19N7O/c1-2-16-15(4-7-22-16)17(3-1)27-14-5-8-25(9-6-14)18-10-20-11-19(24-18)26-13-21-12-23-26/h1-4,7,10-14,22H,5-6,8-9H2. The van der Waals surface area contributed by atoms with Crippen LogP contribution in [0.15, 0.2) is 55.5 Å². The molecule has 1 fully saturated rings. The topological polar surface area (TPSA) is 84.8 Å². The predicted molar refractivity (Wildman–Crippen MR) is 101 cm³/mol. The number of nitrogens with zero attached hydrogens (tertiary/aromatic N) is 6. The van der Waals surface area contributed by atoms with Crippen LogP contribution in [-0.4, -0.2) is 48.9 Å². The van der Waals surface area contributed by atoms with Crippen molar-refractivity contribution in [2.75, 3.05) is 18.0 Å². The Morgan fingerprint density at radius 2 is 1.93 bits per heavy atom. The Bertz CT molecular complexity index is 1040. The molecule has 27 heavy (non-hydrogen) atoms. The molecule has 0 saturated carbocycles. The number of fused-ring (bicyclic) bond motifs is 1. The van der Waals surface area contributed by atoms with Gasteiger partial charge in [-0.1, -0.05) is 6.07 Å². The number of piperidine rings is 1. The smallest absolute Gasteiger partial charge is 0.175 e. The summed E-state index contributed by atoms with van der Waals surface area (Å²) in [7, 11) is 0. The Hall–Kier alpha value is -3.42. The number of ether oxygens (including phenoxy) is 1. The lowest BCUT2D eigenvalue weighted by Gasteiger charge is -2.33. The molecule has 1 aliphatic heterocycles. The van der Waals surface area contributed by atoms with Crippen molar-refractivity contribution in [1.82, 2.24) is 29.7 Å². The highest BCUT2D eigenvalue weighted by Gasteiger charge is 2.22. The lowest BCUT2D eigenvalue weighted by molar-refractivity contribution is 0.173. The second-order valence-corrected chi connectivity index (χ2v) is 6.57. The Kier molecular flexibility index (Phi) is 3.93. The van der Waals surface area contributed by atoms with Crippen LogP contribution in [0.3, 0.4) is 0 Å². The van der Waals surface area contributed by atoms with Crippen LogP contribution in [-0.2, 0) is 0 Å². The van der Waals surface area contributed by atoms with Gasteiger partial charge < -0.3 is 14.6 Å². The summed E-state index contributed by atoms with van der Waals surface area (Å²) in [5.41, 5.74) is 1.10. The summed E-state index contributed by atoms with van der Waals surface area (Å²) in [4.78, 5) is 18.4. The largest absolute Gasteiger partial charge is 0.490 e. The molecule has 0 spiro atoms. The van der Waals surface area contributed by atoms with Crippen LogP contribution in [0.2, 0.25) is 0 Å². The van der Waals surface area contributed by atoms with E-state index in [1.807, 2.05) is 18.3 Å². The van der Waals surface area contributed by atoms with E-state index in [1.165, 1.54) is 6.33 Å². The number of aromatic nitrogens is 6. The fourth-order valence-electron chi connectivity index (χ4n) is 3.48. The number of H-pyrrole nitrogens is 1. The van der Waals surface area contributed by atoms with E-state index >= 15 is 0 Å². The molecule has 0 unspecified atom stereocenters. The quantitative estimate of drug-likeness (QED) is 0.601. The summed E-state index contributed by atoms with van der Waals surface area (Å²) in [5, 5.41) is 5.24. The molecule has 0 bridgehead atoms. The molecule has 1 aromatic carbocycles. The van der Waals surface area contributed by atoms with Crippen molar-refractivity contribution in [1.29, 1.82) is 0 Å². The molecule has 0 amide bonds. The molecule has 5 rings (SSSR count). The Balaban J connectivity index is 1.27. The molecule has 8 nitrogen and oxygen atoms in total. The summed E-state index contributed by atoms with van der Waals surface area (Å²) in [6.45, 7) is 1.76. The van der Waals surface area contributed by atoms with Gasteiger partial charge in [-0.05, 0) is 18.2 Å². The van der Waals surface area contributed by atoms with Crippen molar-refractivity contribution in [3.8, 4) is 11.6 Å². The van der Waals surface area contributed by atoms with E-state index in [-0.39, 0.29) is 6.10 Å². The minimum Gasteiger partial charge on any atom is -0.490 e. The van der Waals surface area contributed by atoms with Crippen LogP contribution < -0.4 is 9.64 Å². The monoisotopic (exact) mass is 361 g/mol. The predicted octanol–water partition coefficient (Wildman–Crippen LogP) is 2.59. The molecule has 1 N–H and O–H groups in total. The fraction of sp³-hybridized carbons (Fsp3) is 0.263. The molecule has 1 saturated heterocycles. The van der Waals surface area contributed by atoms with Crippen LogP contribution >= 0.6 is 0 Å². The average molecular weight is 361 g/mol. The van der Waals surface area contributed by atoms with Gasteiger partial charge in [0.15, 0.2) is 5.82 Å². The van der Waals surface area contributed by atoms with E-state index in [4.69, 9.17) is 4.74 Å². The van der Waals surface area contributed by atoms with Gasteiger partial charge in [0.2, 0.25) is 0 Å². The highest BCUT2D eigenvalue weighted by molar-refractivity contribution is 5.85. The van der Waals surface area contributed by atoms with E-state index < -0.39 is 0 Å². The zero-order chi connectivity index (χ0) is 18.1. The Labute approximate surface area is 155 Å². The maximum absolute atomic E-state index is 6.29. The zero-order valence-electron chi connectivity index (χ0n) is 14.7. The molecule has 1 aliphatic rings. The van der Waals surface area contributed by atoms with Gasteiger partial charge >= 0.3 is 0 Å². The molecule has 0 atom stereocenters. The van der Waals surface area contributed by atoms with Crippen LogP contribution in [0.25, 0.3) is 16.7 Å². The normalized spacial score (nSPS) is 15.3. The van der Waals surface area contributed by atoms with E-state index in [0.29, 0.717) is 5.82 Å². The maximum Gasteiger partial charge on any atom is 0.175 e. The average Bonchev–Trinajstić information content (AvgIpc) is 3.41. The van der Waals surface area contributed by atoms with Gasteiger partial charge in [0.25, 0.3) is 0 Å². The summed E-state index contributed by atoms with van der Waals surface area (Å²) in [6, 6.07) is 8.18. The second-order valence-electron chi connectivity index (χ2n) is 6.57. The minimum absolute atomic E-state index is 0.202. The van der Waals surface area contributed by atoms with E-state index in [1.54, 1.807) is 23.4 Å². The Morgan fingerprint density at radius 1 is 1.04 bits per heavy atom. The first kappa shape index (κ1) is 15.8. The number of hydrogen-bond donors (Lipinski definition) is 1. The second kappa shape index (κ2) is 6.71. The molecular formula is C19H19N7O.